The van der Waals surface area contributed by atoms with E-state index in [-0.39, 0.29) is 12.5 Å². The molecule has 0 radical (unpaired) electrons. The molecule has 0 saturated carbocycles. The Balaban J connectivity index is 2.86. The van der Waals surface area contributed by atoms with Gasteiger partial charge in [0.15, 0.2) is 0 Å². The number of hydrogen-bond donors (Lipinski definition) is 1. The summed E-state index contributed by atoms with van der Waals surface area (Å²) < 4.78 is 1.43. The van der Waals surface area contributed by atoms with Crippen LogP contribution in [-0.2, 0) is 0 Å². The summed E-state index contributed by atoms with van der Waals surface area (Å²) in [6, 6.07) is 1.75. The number of halogens is 2. The maximum Gasteiger partial charge on any atom is 0.271 e. The van der Waals surface area contributed by atoms with E-state index in [1.165, 1.54) is 0 Å². The second-order valence-electron chi connectivity index (χ2n) is 2.37. The summed E-state index contributed by atoms with van der Waals surface area (Å²) in [6.45, 7) is 0.197. The lowest BCUT2D eigenvalue weighted by molar-refractivity contribution is 0.0953. The number of amides is 1. The smallest absolute Gasteiger partial charge is 0.271 e. The zero-order valence-electron chi connectivity index (χ0n) is 7.05. The van der Waals surface area contributed by atoms with E-state index in [0.717, 1.165) is 4.47 Å². The highest BCUT2D eigenvalue weighted by Crippen LogP contribution is 2.19. The van der Waals surface area contributed by atoms with Gasteiger partial charge in [-0.05, 0) is 37.9 Å². The molecule has 0 atom stereocenters. The molecule has 0 aliphatic heterocycles. The first kappa shape index (κ1) is 11.2. The van der Waals surface area contributed by atoms with Crippen LogP contribution in [0.25, 0.3) is 0 Å². The standard InChI is InChI=1S/C9H6Br2N2O/c1-2-3-12-9(14)8-7(11)4-6(10)5-13-8/h1,4-5H,3H2,(H,12,14). The Kier molecular flexibility index (Phi) is 4.11. The molecule has 0 bridgehead atoms. The largest absolute Gasteiger partial charge is 0.340 e. The van der Waals surface area contributed by atoms with Gasteiger partial charge in [0.1, 0.15) is 5.69 Å². The van der Waals surface area contributed by atoms with Crippen LogP contribution >= 0.6 is 31.9 Å². The summed E-state index contributed by atoms with van der Waals surface area (Å²) in [7, 11) is 0. The molecule has 0 aliphatic carbocycles. The van der Waals surface area contributed by atoms with Gasteiger partial charge in [-0.2, -0.15) is 0 Å². The molecular weight excluding hydrogens is 312 g/mol. The Morgan fingerprint density at radius 3 is 2.93 bits per heavy atom. The summed E-state index contributed by atoms with van der Waals surface area (Å²) in [5.41, 5.74) is 0.323. The lowest BCUT2D eigenvalue weighted by atomic mass is 10.3. The Morgan fingerprint density at radius 2 is 2.36 bits per heavy atom. The maximum absolute atomic E-state index is 11.4. The molecule has 14 heavy (non-hydrogen) atoms. The van der Waals surface area contributed by atoms with E-state index in [1.807, 2.05) is 0 Å². The number of aromatic nitrogens is 1. The zero-order valence-corrected chi connectivity index (χ0v) is 10.2. The van der Waals surface area contributed by atoms with Crippen molar-refractivity contribution in [3.8, 4) is 12.3 Å². The van der Waals surface area contributed by atoms with Gasteiger partial charge in [-0.3, -0.25) is 4.79 Å². The molecule has 3 nitrogen and oxygen atoms in total. The minimum Gasteiger partial charge on any atom is -0.340 e. The average Bonchev–Trinajstić information content (AvgIpc) is 2.14. The van der Waals surface area contributed by atoms with Crippen LogP contribution in [0.4, 0.5) is 0 Å². The zero-order chi connectivity index (χ0) is 10.6. The van der Waals surface area contributed by atoms with E-state index in [1.54, 1.807) is 12.3 Å². The van der Waals surface area contributed by atoms with Gasteiger partial charge in [0.25, 0.3) is 5.91 Å². The van der Waals surface area contributed by atoms with E-state index in [0.29, 0.717) is 10.2 Å². The molecular formula is C9H6Br2N2O. The first-order valence-corrected chi connectivity index (χ1v) is 5.26. The molecule has 1 aromatic rings. The van der Waals surface area contributed by atoms with Gasteiger partial charge in [-0.25, -0.2) is 4.98 Å². The Morgan fingerprint density at radius 1 is 1.64 bits per heavy atom. The van der Waals surface area contributed by atoms with Crippen molar-refractivity contribution in [3.63, 3.8) is 0 Å². The first-order chi connectivity index (χ1) is 6.65. The highest BCUT2D eigenvalue weighted by molar-refractivity contribution is 9.11. The molecule has 1 heterocycles. The Bertz CT molecular complexity index is 398. The van der Waals surface area contributed by atoms with Crippen molar-refractivity contribution in [1.82, 2.24) is 10.3 Å². The van der Waals surface area contributed by atoms with E-state index < -0.39 is 0 Å². The second kappa shape index (κ2) is 5.13. The van der Waals surface area contributed by atoms with Crippen LogP contribution in [0.3, 0.4) is 0 Å². The SMILES string of the molecule is C#CCNC(=O)c1ncc(Br)cc1Br. The lowest BCUT2D eigenvalue weighted by Crippen LogP contribution is -2.24. The monoisotopic (exact) mass is 316 g/mol. The van der Waals surface area contributed by atoms with Gasteiger partial charge in [0, 0.05) is 10.7 Å². The molecule has 72 valence electrons. The normalized spacial score (nSPS) is 9.21. The van der Waals surface area contributed by atoms with Crippen LogP contribution in [0.15, 0.2) is 21.2 Å². The highest BCUT2D eigenvalue weighted by Gasteiger charge is 2.10. The van der Waals surface area contributed by atoms with E-state index in [4.69, 9.17) is 6.42 Å². The molecule has 1 amide bonds. The van der Waals surface area contributed by atoms with Crippen LogP contribution in [0.5, 0.6) is 0 Å². The second-order valence-corrected chi connectivity index (χ2v) is 4.14. The molecule has 0 saturated heterocycles. The molecule has 0 fully saturated rings. The van der Waals surface area contributed by atoms with Crippen molar-refractivity contribution in [2.75, 3.05) is 6.54 Å². The molecule has 0 spiro atoms. The van der Waals surface area contributed by atoms with Crippen molar-refractivity contribution in [3.05, 3.63) is 26.9 Å². The average molecular weight is 318 g/mol. The lowest BCUT2D eigenvalue weighted by Gasteiger charge is -2.02. The fraction of sp³-hybridized carbons (Fsp3) is 0.111. The first-order valence-electron chi connectivity index (χ1n) is 3.68. The van der Waals surface area contributed by atoms with Gasteiger partial charge in [0.05, 0.1) is 11.0 Å². The Labute approximate surface area is 98.6 Å². The number of carbonyl (C=O) groups is 1. The quantitative estimate of drug-likeness (QED) is 0.847. The van der Waals surface area contributed by atoms with Crippen molar-refractivity contribution < 1.29 is 4.79 Å². The number of nitrogens with zero attached hydrogens (tertiary/aromatic N) is 1. The molecule has 5 heteroatoms. The molecule has 0 aliphatic rings. The minimum absolute atomic E-state index is 0.197. The van der Waals surface area contributed by atoms with Gasteiger partial charge in [0.2, 0.25) is 0 Å². The molecule has 0 aromatic carbocycles. The third kappa shape index (κ3) is 2.82. The topological polar surface area (TPSA) is 42.0 Å². The van der Waals surface area contributed by atoms with Gasteiger partial charge in [-0.15, -0.1) is 6.42 Å². The van der Waals surface area contributed by atoms with Crippen molar-refractivity contribution >= 4 is 37.8 Å². The van der Waals surface area contributed by atoms with Crippen molar-refractivity contribution in [2.45, 2.75) is 0 Å². The third-order valence-corrected chi connectivity index (χ3v) is 2.41. The molecule has 0 unspecified atom stereocenters. The van der Waals surface area contributed by atoms with E-state index in [9.17, 15) is 4.79 Å². The van der Waals surface area contributed by atoms with E-state index in [2.05, 4.69) is 48.1 Å². The summed E-state index contributed by atoms with van der Waals surface area (Å²) in [6.07, 6.45) is 6.56. The summed E-state index contributed by atoms with van der Waals surface area (Å²) in [4.78, 5) is 15.4. The predicted molar refractivity (Wildman–Crippen MR) is 60.8 cm³/mol. The third-order valence-electron chi connectivity index (χ3n) is 1.37. The van der Waals surface area contributed by atoms with Gasteiger partial charge < -0.3 is 5.32 Å². The van der Waals surface area contributed by atoms with Crippen LogP contribution in [0, 0.1) is 12.3 Å². The van der Waals surface area contributed by atoms with Crippen molar-refractivity contribution in [2.24, 2.45) is 0 Å². The van der Waals surface area contributed by atoms with Crippen molar-refractivity contribution in [1.29, 1.82) is 0 Å². The molecule has 1 N–H and O–H groups in total. The Hall–Kier alpha value is -0.860. The minimum atomic E-state index is -0.290. The fourth-order valence-electron chi connectivity index (χ4n) is 0.797. The van der Waals surface area contributed by atoms with Gasteiger partial charge in [-0.1, -0.05) is 5.92 Å². The van der Waals surface area contributed by atoms with Crippen LogP contribution < -0.4 is 5.32 Å². The number of nitrogens with one attached hydrogen (secondary N) is 1. The summed E-state index contributed by atoms with van der Waals surface area (Å²) >= 11 is 6.48. The number of pyridine rings is 1. The summed E-state index contributed by atoms with van der Waals surface area (Å²) in [5.74, 6) is 2.03. The van der Waals surface area contributed by atoms with Crippen LogP contribution in [0.1, 0.15) is 10.5 Å². The van der Waals surface area contributed by atoms with Gasteiger partial charge >= 0.3 is 0 Å². The van der Waals surface area contributed by atoms with Crippen LogP contribution in [0.2, 0.25) is 0 Å². The predicted octanol–water partition coefficient (Wildman–Crippen LogP) is 1.97. The molecule has 1 rings (SSSR count). The number of terminal acetylenes is 1. The fourth-order valence-corrected chi connectivity index (χ4v) is 1.96. The molecule has 1 aromatic heterocycles. The number of rotatable bonds is 2. The maximum atomic E-state index is 11.4. The summed E-state index contributed by atoms with van der Waals surface area (Å²) in [5, 5.41) is 2.53. The van der Waals surface area contributed by atoms with E-state index >= 15 is 0 Å². The number of carbonyl (C=O) groups excluding carboxylic acids is 1. The number of hydrogen-bond acceptors (Lipinski definition) is 2. The van der Waals surface area contributed by atoms with Crippen LogP contribution in [-0.4, -0.2) is 17.4 Å². The highest BCUT2D eigenvalue weighted by atomic mass is 79.9.